The Labute approximate surface area is 199 Å². The van der Waals surface area contributed by atoms with Crippen LogP contribution in [0.2, 0.25) is 5.02 Å². The molecule has 2 aromatic carbocycles. The molecule has 9 heteroatoms. The second kappa shape index (κ2) is 9.69. The van der Waals surface area contributed by atoms with Crippen LogP contribution in [-0.4, -0.2) is 28.7 Å². The summed E-state index contributed by atoms with van der Waals surface area (Å²) in [5.74, 6) is -0.655. The average Bonchev–Trinajstić information content (AvgIpc) is 3.28. The van der Waals surface area contributed by atoms with Gasteiger partial charge in [-0.1, -0.05) is 48.0 Å². The van der Waals surface area contributed by atoms with E-state index in [1.54, 1.807) is 18.3 Å². The van der Waals surface area contributed by atoms with Crippen molar-refractivity contribution < 1.29 is 18.0 Å². The Bertz CT molecular complexity index is 1300. The molecule has 1 amide bonds. The van der Waals surface area contributed by atoms with Crippen LogP contribution in [0.15, 0.2) is 77.9 Å². The zero-order chi connectivity index (χ0) is 24.3. The van der Waals surface area contributed by atoms with Gasteiger partial charge in [-0.3, -0.25) is 15.1 Å². The minimum absolute atomic E-state index is 0.0734. The number of alkyl halides is 3. The van der Waals surface area contributed by atoms with E-state index in [0.29, 0.717) is 10.7 Å². The molecule has 1 aliphatic carbocycles. The zero-order valence-corrected chi connectivity index (χ0v) is 18.9. The summed E-state index contributed by atoms with van der Waals surface area (Å²) in [6.45, 7) is 0. The predicted molar refractivity (Wildman–Crippen MR) is 127 cm³/mol. The van der Waals surface area contributed by atoms with Crippen molar-refractivity contribution in [3.05, 3.63) is 94.7 Å². The van der Waals surface area contributed by atoms with Crippen molar-refractivity contribution in [1.29, 1.82) is 0 Å². The lowest BCUT2D eigenvalue weighted by Crippen LogP contribution is -2.36. The fraction of sp³-hybridized carbons (Fsp3) is 0.160. The highest BCUT2D eigenvalue weighted by Gasteiger charge is 2.31. The minimum atomic E-state index is -4.55. The van der Waals surface area contributed by atoms with Crippen LogP contribution in [0.3, 0.4) is 0 Å². The number of nitrogens with one attached hydrogen (secondary N) is 1. The predicted octanol–water partition coefficient (Wildman–Crippen LogP) is 6.22. The van der Waals surface area contributed by atoms with Gasteiger partial charge in [-0.05, 0) is 48.7 Å². The van der Waals surface area contributed by atoms with Gasteiger partial charge >= 0.3 is 6.18 Å². The first-order valence-electron chi connectivity index (χ1n) is 10.4. The molecule has 1 heterocycles. The molecule has 174 valence electrons. The monoisotopic (exact) mass is 484 g/mol. The molecular formula is C25H20ClF3N4O. The van der Waals surface area contributed by atoms with E-state index < -0.39 is 17.6 Å². The van der Waals surface area contributed by atoms with Crippen LogP contribution in [-0.2, 0) is 6.18 Å². The van der Waals surface area contributed by atoms with Crippen molar-refractivity contribution in [2.45, 2.75) is 19.0 Å². The van der Waals surface area contributed by atoms with Gasteiger partial charge in [0.05, 0.1) is 5.56 Å². The fourth-order valence-corrected chi connectivity index (χ4v) is 3.68. The molecule has 0 unspecified atom stereocenters. The molecule has 0 radical (unpaired) electrons. The van der Waals surface area contributed by atoms with Crippen LogP contribution in [0.25, 0.3) is 16.8 Å². The third kappa shape index (κ3) is 5.12. The number of amides is 1. The SMILES string of the molecule is CN=C(NC(=O)c1cccc(C(F)(F)F)c1)n1cc(C2=CCCC=C2)c(-c2ccc(Cl)cc2)n1. The number of halogens is 4. The number of carbonyl (C=O) groups is 1. The Morgan fingerprint density at radius 2 is 1.91 bits per heavy atom. The standard InChI is InChI=1S/C25H20ClF3N4O/c1-30-24(31-23(34)18-8-5-9-19(14-18)25(27,28)29)33-15-21(16-6-3-2-4-7-16)22(32-33)17-10-12-20(26)13-11-17/h3,5-15H,2,4H2,1H3,(H,30,31,34). The summed E-state index contributed by atoms with van der Waals surface area (Å²) in [6.07, 6.45) is 5.20. The van der Waals surface area contributed by atoms with Gasteiger partial charge in [0.1, 0.15) is 5.69 Å². The number of hydrogen-bond donors (Lipinski definition) is 1. The first-order chi connectivity index (χ1) is 16.3. The summed E-state index contributed by atoms with van der Waals surface area (Å²) >= 11 is 6.04. The molecule has 0 bridgehead atoms. The molecule has 34 heavy (non-hydrogen) atoms. The largest absolute Gasteiger partial charge is 0.416 e. The van der Waals surface area contributed by atoms with Gasteiger partial charge in [-0.2, -0.15) is 18.3 Å². The number of aliphatic imine (C=N–C) groups is 1. The lowest BCUT2D eigenvalue weighted by molar-refractivity contribution is -0.137. The summed E-state index contributed by atoms with van der Waals surface area (Å²) in [4.78, 5) is 16.8. The highest BCUT2D eigenvalue weighted by atomic mass is 35.5. The molecule has 1 aromatic heterocycles. The van der Waals surface area contributed by atoms with Crippen molar-refractivity contribution in [3.63, 3.8) is 0 Å². The molecule has 0 spiro atoms. The maximum atomic E-state index is 13.0. The zero-order valence-electron chi connectivity index (χ0n) is 18.1. The number of carbonyl (C=O) groups excluding carboxylic acids is 1. The lowest BCUT2D eigenvalue weighted by Gasteiger charge is -2.10. The second-order valence-corrected chi connectivity index (χ2v) is 8.00. The summed E-state index contributed by atoms with van der Waals surface area (Å²) in [7, 11) is 1.46. The topological polar surface area (TPSA) is 59.3 Å². The van der Waals surface area contributed by atoms with Crippen LogP contribution in [0.4, 0.5) is 13.2 Å². The molecule has 3 aromatic rings. The molecule has 0 saturated heterocycles. The van der Waals surface area contributed by atoms with Crippen molar-refractivity contribution >= 4 is 29.0 Å². The van der Waals surface area contributed by atoms with Gasteiger partial charge in [0, 0.05) is 35.0 Å². The van der Waals surface area contributed by atoms with E-state index in [-0.39, 0.29) is 11.5 Å². The summed E-state index contributed by atoms with van der Waals surface area (Å²) in [5, 5.41) is 7.79. The molecule has 0 saturated carbocycles. The molecule has 4 rings (SSSR count). The van der Waals surface area contributed by atoms with Crippen LogP contribution in [0.5, 0.6) is 0 Å². The van der Waals surface area contributed by atoms with Gasteiger partial charge in [0.15, 0.2) is 0 Å². The van der Waals surface area contributed by atoms with E-state index in [0.717, 1.165) is 41.7 Å². The number of nitrogens with zero attached hydrogens (tertiary/aromatic N) is 3. The third-order valence-electron chi connectivity index (χ3n) is 5.24. The van der Waals surface area contributed by atoms with Crippen LogP contribution >= 0.6 is 11.6 Å². The van der Waals surface area contributed by atoms with E-state index in [1.165, 1.54) is 23.9 Å². The van der Waals surface area contributed by atoms with Gasteiger partial charge in [0.25, 0.3) is 5.91 Å². The minimum Gasteiger partial charge on any atom is -0.291 e. The Morgan fingerprint density at radius 1 is 1.15 bits per heavy atom. The van der Waals surface area contributed by atoms with Crippen molar-refractivity contribution in [2.24, 2.45) is 4.99 Å². The summed E-state index contributed by atoms with van der Waals surface area (Å²) in [6, 6.07) is 11.4. The smallest absolute Gasteiger partial charge is 0.291 e. The normalized spacial score (nSPS) is 14.1. The second-order valence-electron chi connectivity index (χ2n) is 7.56. The van der Waals surface area contributed by atoms with Crippen molar-refractivity contribution in [3.8, 4) is 11.3 Å². The first kappa shape index (κ1) is 23.5. The van der Waals surface area contributed by atoms with E-state index in [1.807, 2.05) is 18.2 Å². The van der Waals surface area contributed by atoms with Crippen LogP contribution in [0, 0.1) is 0 Å². The van der Waals surface area contributed by atoms with Gasteiger partial charge in [-0.25, -0.2) is 4.68 Å². The van der Waals surface area contributed by atoms with Crippen LogP contribution in [0.1, 0.15) is 34.3 Å². The van der Waals surface area contributed by atoms with E-state index in [2.05, 4.69) is 27.6 Å². The number of hydrogen-bond acceptors (Lipinski definition) is 3. The van der Waals surface area contributed by atoms with E-state index >= 15 is 0 Å². The van der Waals surface area contributed by atoms with E-state index in [9.17, 15) is 18.0 Å². The Balaban J connectivity index is 1.69. The Morgan fingerprint density at radius 3 is 2.56 bits per heavy atom. The summed E-state index contributed by atoms with van der Waals surface area (Å²) < 4.78 is 40.6. The molecule has 1 aliphatic rings. The van der Waals surface area contributed by atoms with Crippen LogP contribution < -0.4 is 5.32 Å². The lowest BCUT2D eigenvalue weighted by atomic mass is 9.97. The number of benzene rings is 2. The molecule has 0 fully saturated rings. The highest BCUT2D eigenvalue weighted by molar-refractivity contribution is 6.30. The number of allylic oxidation sites excluding steroid dienone is 4. The highest BCUT2D eigenvalue weighted by Crippen LogP contribution is 2.32. The number of aromatic nitrogens is 2. The van der Waals surface area contributed by atoms with Gasteiger partial charge in [-0.15, -0.1) is 0 Å². The molecule has 0 atom stereocenters. The average molecular weight is 485 g/mol. The summed E-state index contributed by atoms with van der Waals surface area (Å²) in [5.41, 5.74) is 2.23. The molecule has 5 nitrogen and oxygen atoms in total. The quantitative estimate of drug-likeness (QED) is 0.354. The fourth-order valence-electron chi connectivity index (χ4n) is 3.55. The number of rotatable bonds is 3. The molecule has 1 N–H and O–H groups in total. The first-order valence-corrected chi connectivity index (χ1v) is 10.8. The van der Waals surface area contributed by atoms with Gasteiger partial charge < -0.3 is 0 Å². The van der Waals surface area contributed by atoms with Crippen molar-refractivity contribution in [2.75, 3.05) is 7.05 Å². The maximum absolute atomic E-state index is 13.0. The molecule has 0 aliphatic heterocycles. The Hall–Kier alpha value is -3.65. The Kier molecular flexibility index (Phi) is 6.70. The van der Waals surface area contributed by atoms with E-state index in [4.69, 9.17) is 11.6 Å². The third-order valence-corrected chi connectivity index (χ3v) is 5.50. The van der Waals surface area contributed by atoms with Crippen molar-refractivity contribution in [1.82, 2.24) is 15.1 Å². The van der Waals surface area contributed by atoms with Gasteiger partial charge in [0.2, 0.25) is 5.96 Å². The maximum Gasteiger partial charge on any atom is 0.416 e. The molecular weight excluding hydrogens is 465 g/mol.